The fourth-order valence-corrected chi connectivity index (χ4v) is 2.46. The van der Waals surface area contributed by atoms with Crippen molar-refractivity contribution >= 4 is 28.4 Å². The Kier molecular flexibility index (Phi) is 4.88. The number of hydrogen-bond acceptors (Lipinski definition) is 6. The zero-order valence-electron chi connectivity index (χ0n) is 12.6. The second kappa shape index (κ2) is 6.52. The van der Waals surface area contributed by atoms with Gasteiger partial charge in [0.15, 0.2) is 0 Å². The van der Waals surface area contributed by atoms with Gasteiger partial charge in [0.25, 0.3) is 0 Å². The third kappa shape index (κ3) is 3.78. The Bertz CT molecular complexity index is 730. The molecule has 0 aliphatic carbocycles. The first-order valence-corrected chi connectivity index (χ1v) is 7.88. The molecule has 1 unspecified atom stereocenters. The molecule has 2 aromatic heterocycles. The molecule has 0 amide bonds. The van der Waals surface area contributed by atoms with Crippen LogP contribution in [0, 0.1) is 6.92 Å². The Labute approximate surface area is 132 Å². The van der Waals surface area contributed by atoms with E-state index in [-0.39, 0.29) is 11.8 Å². The fraction of sp³-hybridized carbons (Fsp3) is 0.417. The van der Waals surface area contributed by atoms with Gasteiger partial charge in [0.1, 0.15) is 22.4 Å². The maximum absolute atomic E-state index is 12.8. The van der Waals surface area contributed by atoms with Gasteiger partial charge < -0.3 is 10.6 Å². The lowest BCUT2D eigenvalue weighted by Crippen LogP contribution is -2.12. The summed E-state index contributed by atoms with van der Waals surface area (Å²) in [4.78, 5) is 7.47. The quantitative estimate of drug-likeness (QED) is 0.863. The van der Waals surface area contributed by atoms with Crippen molar-refractivity contribution < 1.29 is 17.4 Å². The number of aryl methyl sites for hydroxylation is 1. The molecule has 23 heavy (non-hydrogen) atoms. The molecule has 2 rings (SSSR count). The molecule has 2 N–H and O–H groups in total. The minimum atomic E-state index is -4.55. The fourth-order valence-electron chi connectivity index (χ4n) is 1.75. The summed E-state index contributed by atoms with van der Waals surface area (Å²) in [5.41, 5.74) is 0.0416. The van der Waals surface area contributed by atoms with Crippen LogP contribution in [0.15, 0.2) is 12.4 Å². The van der Waals surface area contributed by atoms with Crippen molar-refractivity contribution in [1.29, 1.82) is 0 Å². The largest absolute Gasteiger partial charge is 0.421 e. The molecule has 0 aromatic carbocycles. The Balaban J connectivity index is 2.31. The second-order valence-corrected chi connectivity index (χ2v) is 6.06. The topological polar surface area (TPSA) is 84.7 Å². The molecule has 11 heteroatoms. The molecule has 2 heterocycles. The zero-order valence-corrected chi connectivity index (χ0v) is 13.4. The highest BCUT2D eigenvalue weighted by atomic mass is 32.2. The highest BCUT2D eigenvalue weighted by molar-refractivity contribution is 7.83. The number of aromatic nitrogens is 4. The maximum atomic E-state index is 12.8. The monoisotopic (exact) mass is 348 g/mol. The van der Waals surface area contributed by atoms with Crippen LogP contribution in [0.3, 0.4) is 0 Å². The van der Waals surface area contributed by atoms with Crippen molar-refractivity contribution in [2.75, 3.05) is 23.4 Å². The van der Waals surface area contributed by atoms with E-state index in [2.05, 4.69) is 25.7 Å². The number of nitrogens with one attached hydrogen (secondary N) is 2. The third-order valence-electron chi connectivity index (χ3n) is 2.91. The van der Waals surface area contributed by atoms with Crippen LogP contribution in [0.1, 0.15) is 18.2 Å². The Morgan fingerprint density at radius 3 is 2.65 bits per heavy atom. The van der Waals surface area contributed by atoms with Gasteiger partial charge in [-0.25, -0.2) is 9.19 Å². The van der Waals surface area contributed by atoms with E-state index in [4.69, 9.17) is 0 Å². The van der Waals surface area contributed by atoms with Crippen LogP contribution >= 0.6 is 0 Å². The third-order valence-corrected chi connectivity index (χ3v) is 4.01. The molecular formula is C12H15F3N6OS. The van der Waals surface area contributed by atoms with E-state index in [1.165, 1.54) is 17.3 Å². The van der Waals surface area contributed by atoms with Gasteiger partial charge in [-0.05, 0) is 6.92 Å². The molecule has 7 nitrogen and oxygen atoms in total. The normalized spacial score (nSPS) is 13.0. The summed E-state index contributed by atoms with van der Waals surface area (Å²) < 4.78 is 51.4. The van der Waals surface area contributed by atoms with E-state index in [9.17, 15) is 17.4 Å². The molecule has 0 saturated heterocycles. The number of anilines is 3. The predicted molar refractivity (Wildman–Crippen MR) is 80.9 cm³/mol. The van der Waals surface area contributed by atoms with Crippen molar-refractivity contribution in [3.8, 4) is 0 Å². The Morgan fingerprint density at radius 1 is 1.39 bits per heavy atom. The maximum Gasteiger partial charge on any atom is 0.421 e. The van der Waals surface area contributed by atoms with Crippen molar-refractivity contribution in [2.24, 2.45) is 0 Å². The standard InChI is InChI=1S/C12H15F3N6OS/c1-4-23(22)21-6-9(7(2)20-21)18-11-17-5-8(12(13,14)15)10(16-3)19-11/h5-6H,4H2,1-3H3,(H2,16,17,18,19). The van der Waals surface area contributed by atoms with E-state index in [1.54, 1.807) is 13.8 Å². The van der Waals surface area contributed by atoms with Crippen LogP contribution in [0.25, 0.3) is 0 Å². The van der Waals surface area contributed by atoms with E-state index < -0.39 is 22.7 Å². The molecule has 0 bridgehead atoms. The van der Waals surface area contributed by atoms with Crippen molar-refractivity contribution in [1.82, 2.24) is 19.2 Å². The number of hydrogen-bond donors (Lipinski definition) is 2. The first-order chi connectivity index (χ1) is 10.8. The lowest BCUT2D eigenvalue weighted by atomic mass is 10.3. The molecule has 0 aliphatic rings. The average molecular weight is 348 g/mol. The molecular weight excluding hydrogens is 333 g/mol. The van der Waals surface area contributed by atoms with Gasteiger partial charge in [-0.2, -0.15) is 27.3 Å². The Hall–Kier alpha value is -2.17. The zero-order chi connectivity index (χ0) is 17.2. The van der Waals surface area contributed by atoms with E-state index in [0.717, 1.165) is 0 Å². The lowest BCUT2D eigenvalue weighted by molar-refractivity contribution is -0.137. The van der Waals surface area contributed by atoms with Crippen LogP contribution in [-0.4, -0.2) is 36.2 Å². The van der Waals surface area contributed by atoms with Crippen LogP contribution in [0.4, 0.5) is 30.6 Å². The number of rotatable bonds is 5. The first-order valence-electron chi connectivity index (χ1n) is 6.60. The SMILES string of the molecule is CCS(=O)n1cc(Nc2ncc(C(F)(F)F)c(NC)n2)c(C)n1. The van der Waals surface area contributed by atoms with Crippen molar-refractivity contribution in [2.45, 2.75) is 20.0 Å². The molecule has 0 fully saturated rings. The predicted octanol–water partition coefficient (Wildman–Crippen LogP) is 2.32. The minimum Gasteiger partial charge on any atom is -0.372 e. The van der Waals surface area contributed by atoms with E-state index in [0.29, 0.717) is 23.3 Å². The number of halogens is 3. The van der Waals surface area contributed by atoms with Crippen molar-refractivity contribution in [3.05, 3.63) is 23.7 Å². The molecule has 0 saturated carbocycles. The van der Waals surface area contributed by atoms with Gasteiger partial charge in [0.05, 0.1) is 17.6 Å². The summed E-state index contributed by atoms with van der Waals surface area (Å²) in [7, 11) is 0.0467. The van der Waals surface area contributed by atoms with Gasteiger partial charge in [-0.15, -0.1) is 0 Å². The van der Waals surface area contributed by atoms with Gasteiger partial charge in [0, 0.05) is 19.0 Å². The molecule has 0 aliphatic heterocycles. The van der Waals surface area contributed by atoms with Crippen LogP contribution in [0.2, 0.25) is 0 Å². The van der Waals surface area contributed by atoms with Gasteiger partial charge in [-0.1, -0.05) is 6.92 Å². The number of nitrogens with zero attached hydrogens (tertiary/aromatic N) is 4. The summed E-state index contributed by atoms with van der Waals surface area (Å²) >= 11 is 0. The van der Waals surface area contributed by atoms with Crippen LogP contribution in [-0.2, 0) is 17.2 Å². The van der Waals surface area contributed by atoms with Gasteiger partial charge in [0.2, 0.25) is 5.95 Å². The second-order valence-electron chi connectivity index (χ2n) is 4.47. The Morgan fingerprint density at radius 2 is 2.09 bits per heavy atom. The highest BCUT2D eigenvalue weighted by Gasteiger charge is 2.35. The van der Waals surface area contributed by atoms with Crippen LogP contribution in [0.5, 0.6) is 0 Å². The van der Waals surface area contributed by atoms with Gasteiger partial charge >= 0.3 is 6.18 Å². The van der Waals surface area contributed by atoms with E-state index >= 15 is 0 Å². The smallest absolute Gasteiger partial charge is 0.372 e. The molecule has 126 valence electrons. The molecule has 1 atom stereocenters. The average Bonchev–Trinajstić information content (AvgIpc) is 2.86. The van der Waals surface area contributed by atoms with Crippen molar-refractivity contribution in [3.63, 3.8) is 0 Å². The van der Waals surface area contributed by atoms with Crippen LogP contribution < -0.4 is 10.6 Å². The minimum absolute atomic E-state index is 0.0210. The summed E-state index contributed by atoms with van der Waals surface area (Å²) in [5.74, 6) is 0.0331. The molecule has 0 radical (unpaired) electrons. The van der Waals surface area contributed by atoms with Gasteiger partial charge in [-0.3, -0.25) is 0 Å². The lowest BCUT2D eigenvalue weighted by Gasteiger charge is -2.12. The summed E-state index contributed by atoms with van der Waals surface area (Å²) in [5, 5.41) is 9.25. The summed E-state index contributed by atoms with van der Waals surface area (Å²) in [6.07, 6.45) is -2.35. The first kappa shape index (κ1) is 17.2. The summed E-state index contributed by atoms with van der Waals surface area (Å²) in [6.45, 7) is 3.42. The highest BCUT2D eigenvalue weighted by Crippen LogP contribution is 2.33. The molecule has 0 spiro atoms. The molecule has 2 aromatic rings. The summed E-state index contributed by atoms with van der Waals surface area (Å²) in [6, 6.07) is 0. The number of alkyl halides is 3. The van der Waals surface area contributed by atoms with E-state index in [1.807, 2.05) is 0 Å².